The van der Waals surface area contributed by atoms with Gasteiger partial charge in [-0.15, -0.1) is 11.3 Å². The Bertz CT molecular complexity index is 361. The molecule has 0 spiro atoms. The molecule has 1 aromatic heterocycles. The van der Waals surface area contributed by atoms with E-state index in [1.54, 1.807) is 18.4 Å². The summed E-state index contributed by atoms with van der Waals surface area (Å²) in [6.07, 6.45) is 2.78. The normalized spacial score (nSPS) is 21.4. The fourth-order valence-electron chi connectivity index (χ4n) is 1.95. The van der Waals surface area contributed by atoms with Crippen molar-refractivity contribution in [3.63, 3.8) is 0 Å². The van der Waals surface area contributed by atoms with Crippen molar-refractivity contribution in [3.05, 3.63) is 16.1 Å². The van der Waals surface area contributed by atoms with Crippen molar-refractivity contribution in [2.24, 2.45) is 5.73 Å². The second-order valence-electron chi connectivity index (χ2n) is 4.65. The predicted molar refractivity (Wildman–Crippen MR) is 68.2 cm³/mol. The van der Waals surface area contributed by atoms with Gasteiger partial charge in [-0.05, 0) is 19.8 Å². The number of aromatic nitrogens is 1. The Morgan fingerprint density at radius 2 is 2.29 bits per heavy atom. The van der Waals surface area contributed by atoms with E-state index in [0.717, 1.165) is 43.2 Å². The summed E-state index contributed by atoms with van der Waals surface area (Å²) in [6.45, 7) is 3.52. The summed E-state index contributed by atoms with van der Waals surface area (Å²) >= 11 is 1.67. The van der Waals surface area contributed by atoms with Gasteiger partial charge < -0.3 is 15.2 Å². The van der Waals surface area contributed by atoms with Crippen LogP contribution in [0, 0.1) is 0 Å². The van der Waals surface area contributed by atoms with E-state index in [2.05, 4.69) is 10.4 Å². The van der Waals surface area contributed by atoms with E-state index < -0.39 is 0 Å². The molecule has 1 atom stereocenters. The SMILES string of the molecule is COC(C)Cc1nc(C2(N)CCOCC2)cs1. The molecular formula is C12H20N2O2S. The Hall–Kier alpha value is -0.490. The lowest BCUT2D eigenvalue weighted by atomic mass is 9.88. The molecule has 2 rings (SSSR count). The molecular weight excluding hydrogens is 236 g/mol. The highest BCUT2D eigenvalue weighted by Gasteiger charge is 2.32. The molecule has 0 bridgehead atoms. The third-order valence-electron chi connectivity index (χ3n) is 3.31. The van der Waals surface area contributed by atoms with Crippen LogP contribution in [0.15, 0.2) is 5.38 Å². The first-order valence-electron chi connectivity index (χ1n) is 5.98. The van der Waals surface area contributed by atoms with E-state index in [4.69, 9.17) is 15.2 Å². The summed E-state index contributed by atoms with van der Waals surface area (Å²) in [4.78, 5) is 4.65. The van der Waals surface area contributed by atoms with Crippen LogP contribution < -0.4 is 5.73 Å². The molecule has 96 valence electrons. The minimum Gasteiger partial charge on any atom is -0.381 e. The first-order chi connectivity index (χ1) is 8.14. The van der Waals surface area contributed by atoms with Crippen LogP contribution in [-0.2, 0) is 21.4 Å². The van der Waals surface area contributed by atoms with Gasteiger partial charge >= 0.3 is 0 Å². The summed E-state index contributed by atoms with van der Waals surface area (Å²) in [5, 5.41) is 3.19. The molecule has 2 heterocycles. The van der Waals surface area contributed by atoms with Crippen LogP contribution in [0.1, 0.15) is 30.5 Å². The second kappa shape index (κ2) is 5.44. The Labute approximate surface area is 106 Å². The molecule has 1 aliphatic heterocycles. The van der Waals surface area contributed by atoms with E-state index in [9.17, 15) is 0 Å². The van der Waals surface area contributed by atoms with Gasteiger partial charge in [0, 0.05) is 32.1 Å². The topological polar surface area (TPSA) is 57.4 Å². The van der Waals surface area contributed by atoms with Gasteiger partial charge in [-0.2, -0.15) is 0 Å². The van der Waals surface area contributed by atoms with Crippen LogP contribution in [0.25, 0.3) is 0 Å². The predicted octanol–water partition coefficient (Wildman–Crippen LogP) is 1.68. The van der Waals surface area contributed by atoms with Crippen LogP contribution in [0.5, 0.6) is 0 Å². The summed E-state index contributed by atoms with van der Waals surface area (Å²) in [5.41, 5.74) is 7.12. The van der Waals surface area contributed by atoms with Gasteiger partial charge in [-0.1, -0.05) is 0 Å². The smallest absolute Gasteiger partial charge is 0.0954 e. The zero-order valence-electron chi connectivity index (χ0n) is 10.4. The Kier molecular flexibility index (Phi) is 4.14. The van der Waals surface area contributed by atoms with Crippen LogP contribution in [0.4, 0.5) is 0 Å². The maximum Gasteiger partial charge on any atom is 0.0954 e. The molecule has 17 heavy (non-hydrogen) atoms. The first-order valence-corrected chi connectivity index (χ1v) is 6.86. The zero-order valence-corrected chi connectivity index (χ0v) is 11.3. The standard InChI is InChI=1S/C12H20N2O2S/c1-9(15-2)7-11-14-10(8-17-11)12(13)3-5-16-6-4-12/h8-9H,3-7,13H2,1-2H3. The van der Waals surface area contributed by atoms with Crippen molar-refractivity contribution in [2.45, 2.75) is 37.8 Å². The van der Waals surface area contributed by atoms with Gasteiger partial charge in [0.15, 0.2) is 0 Å². The lowest BCUT2D eigenvalue weighted by Gasteiger charge is -2.31. The van der Waals surface area contributed by atoms with Gasteiger partial charge in [0.05, 0.1) is 22.3 Å². The number of nitrogens with two attached hydrogens (primary N) is 1. The maximum absolute atomic E-state index is 6.39. The molecule has 1 saturated heterocycles. The number of hydrogen-bond donors (Lipinski definition) is 1. The van der Waals surface area contributed by atoms with Gasteiger partial charge in [-0.25, -0.2) is 4.98 Å². The highest BCUT2D eigenvalue weighted by Crippen LogP contribution is 2.30. The summed E-state index contributed by atoms with van der Waals surface area (Å²) < 4.78 is 10.6. The second-order valence-corrected chi connectivity index (χ2v) is 5.59. The minimum absolute atomic E-state index is 0.206. The minimum atomic E-state index is -0.288. The molecule has 5 heteroatoms. The fourth-order valence-corrected chi connectivity index (χ4v) is 2.97. The molecule has 0 radical (unpaired) electrons. The van der Waals surface area contributed by atoms with E-state index in [1.807, 2.05) is 6.92 Å². The Morgan fingerprint density at radius 1 is 1.59 bits per heavy atom. The molecule has 0 aliphatic carbocycles. The van der Waals surface area contributed by atoms with Crippen molar-refractivity contribution in [2.75, 3.05) is 20.3 Å². The average Bonchev–Trinajstić information content (AvgIpc) is 2.79. The monoisotopic (exact) mass is 256 g/mol. The van der Waals surface area contributed by atoms with Crippen molar-refractivity contribution < 1.29 is 9.47 Å². The molecule has 1 aliphatic rings. The first kappa shape index (κ1) is 13.0. The van der Waals surface area contributed by atoms with Crippen LogP contribution >= 0.6 is 11.3 Å². The molecule has 0 aromatic carbocycles. The van der Waals surface area contributed by atoms with Gasteiger partial charge in [0.2, 0.25) is 0 Å². The summed E-state index contributed by atoms with van der Waals surface area (Å²) in [7, 11) is 1.72. The average molecular weight is 256 g/mol. The molecule has 1 aromatic rings. The molecule has 2 N–H and O–H groups in total. The lowest BCUT2D eigenvalue weighted by molar-refractivity contribution is 0.0509. The van der Waals surface area contributed by atoms with Gasteiger partial charge in [0.25, 0.3) is 0 Å². The van der Waals surface area contributed by atoms with E-state index in [-0.39, 0.29) is 11.6 Å². The zero-order chi connectivity index (χ0) is 12.3. The highest BCUT2D eigenvalue weighted by atomic mass is 32.1. The maximum atomic E-state index is 6.39. The van der Waals surface area contributed by atoms with E-state index in [0.29, 0.717) is 0 Å². The number of rotatable bonds is 4. The van der Waals surface area contributed by atoms with Crippen molar-refractivity contribution in [1.29, 1.82) is 0 Å². The number of hydrogen-bond acceptors (Lipinski definition) is 5. The number of methoxy groups -OCH3 is 1. The summed E-state index contributed by atoms with van der Waals surface area (Å²) in [6, 6.07) is 0. The van der Waals surface area contributed by atoms with Gasteiger partial charge in [-0.3, -0.25) is 0 Å². The largest absolute Gasteiger partial charge is 0.381 e. The van der Waals surface area contributed by atoms with Crippen molar-refractivity contribution in [3.8, 4) is 0 Å². The molecule has 0 saturated carbocycles. The van der Waals surface area contributed by atoms with Gasteiger partial charge in [0.1, 0.15) is 0 Å². The van der Waals surface area contributed by atoms with E-state index in [1.165, 1.54) is 0 Å². The van der Waals surface area contributed by atoms with Crippen LogP contribution in [0.2, 0.25) is 0 Å². The van der Waals surface area contributed by atoms with Crippen molar-refractivity contribution >= 4 is 11.3 Å². The number of ether oxygens (including phenoxy) is 2. The number of thiazole rings is 1. The Balaban J connectivity index is 2.06. The third kappa shape index (κ3) is 3.04. The highest BCUT2D eigenvalue weighted by molar-refractivity contribution is 7.09. The van der Waals surface area contributed by atoms with Crippen LogP contribution in [-0.4, -0.2) is 31.4 Å². The van der Waals surface area contributed by atoms with Crippen molar-refractivity contribution in [1.82, 2.24) is 4.98 Å². The number of nitrogens with zero attached hydrogens (tertiary/aromatic N) is 1. The molecule has 1 unspecified atom stereocenters. The molecule has 1 fully saturated rings. The quantitative estimate of drug-likeness (QED) is 0.890. The fraction of sp³-hybridized carbons (Fsp3) is 0.750. The Morgan fingerprint density at radius 3 is 2.94 bits per heavy atom. The summed E-state index contributed by atoms with van der Waals surface area (Å²) in [5.74, 6) is 0. The van der Waals surface area contributed by atoms with E-state index >= 15 is 0 Å². The molecule has 0 amide bonds. The van der Waals surface area contributed by atoms with Crippen LogP contribution in [0.3, 0.4) is 0 Å². The third-order valence-corrected chi connectivity index (χ3v) is 4.18. The molecule has 4 nitrogen and oxygen atoms in total. The lowest BCUT2D eigenvalue weighted by Crippen LogP contribution is -2.42.